The van der Waals surface area contributed by atoms with Gasteiger partial charge in [0.25, 0.3) is 0 Å². The minimum absolute atomic E-state index is 0.138. The third kappa shape index (κ3) is 3.96. The van der Waals surface area contributed by atoms with Gasteiger partial charge in [0.15, 0.2) is 0 Å². The highest BCUT2D eigenvalue weighted by Crippen LogP contribution is 2.49. The number of benzene rings is 2. The van der Waals surface area contributed by atoms with E-state index in [1.807, 2.05) is 62.4 Å². The molecule has 0 aliphatic heterocycles. The number of aliphatic carboxylic acids is 2. The van der Waals surface area contributed by atoms with E-state index in [0.717, 1.165) is 12.8 Å². The van der Waals surface area contributed by atoms with E-state index in [2.05, 4.69) is 0 Å². The van der Waals surface area contributed by atoms with Crippen LogP contribution < -0.4 is 0 Å². The molecular weight excluding hydrogens is 328 g/mol. The third-order valence-electron chi connectivity index (χ3n) is 5.39. The lowest BCUT2D eigenvalue weighted by atomic mass is 10.0. The largest absolute Gasteiger partial charge is 0.481 e. The summed E-state index contributed by atoms with van der Waals surface area (Å²) in [5.74, 6) is -1.07. The molecule has 0 spiro atoms. The summed E-state index contributed by atoms with van der Waals surface area (Å²) in [5.41, 5.74) is 4.82. The maximum absolute atomic E-state index is 10.7. The molecule has 2 aliphatic rings. The molecule has 0 amide bonds. The first kappa shape index (κ1) is 18.2. The standard InChI is InChI=1S/2C11H12O2/c2*1-7-4-2-3-5-8(7)9-6-10(9)11(12)13/h2*2-5,9-10H,6H2,1H3,(H,12,13). The zero-order chi connectivity index (χ0) is 18.8. The Bertz CT molecular complexity index is 757. The number of carboxylic acids is 2. The van der Waals surface area contributed by atoms with Gasteiger partial charge in [-0.15, -0.1) is 0 Å². The van der Waals surface area contributed by atoms with Crippen LogP contribution in [0.3, 0.4) is 0 Å². The van der Waals surface area contributed by atoms with Crippen molar-refractivity contribution in [2.24, 2.45) is 11.8 Å². The first-order valence-electron chi connectivity index (χ1n) is 8.96. The number of hydrogen-bond acceptors (Lipinski definition) is 2. The topological polar surface area (TPSA) is 74.6 Å². The zero-order valence-corrected chi connectivity index (χ0v) is 15.1. The van der Waals surface area contributed by atoms with Gasteiger partial charge in [0.2, 0.25) is 0 Å². The van der Waals surface area contributed by atoms with Gasteiger partial charge in [0, 0.05) is 0 Å². The van der Waals surface area contributed by atoms with E-state index in [1.54, 1.807) is 0 Å². The van der Waals surface area contributed by atoms with Gasteiger partial charge in [0.05, 0.1) is 11.8 Å². The highest BCUT2D eigenvalue weighted by molar-refractivity contribution is 5.76. The summed E-state index contributed by atoms with van der Waals surface area (Å²) in [6.45, 7) is 4.07. The summed E-state index contributed by atoms with van der Waals surface area (Å²) in [6.07, 6.45) is 1.61. The highest BCUT2D eigenvalue weighted by Gasteiger charge is 2.45. The number of hydrogen-bond donors (Lipinski definition) is 2. The Morgan fingerprint density at radius 3 is 1.35 bits per heavy atom. The van der Waals surface area contributed by atoms with E-state index in [-0.39, 0.29) is 23.7 Å². The van der Waals surface area contributed by atoms with Crippen molar-refractivity contribution in [1.82, 2.24) is 0 Å². The molecule has 26 heavy (non-hydrogen) atoms. The van der Waals surface area contributed by atoms with E-state index in [0.29, 0.717) is 0 Å². The summed E-state index contributed by atoms with van der Waals surface area (Å²) in [4.78, 5) is 21.3. The monoisotopic (exact) mass is 352 g/mol. The van der Waals surface area contributed by atoms with Crippen LogP contribution in [-0.2, 0) is 9.59 Å². The zero-order valence-electron chi connectivity index (χ0n) is 15.1. The molecule has 4 nitrogen and oxygen atoms in total. The molecule has 0 aromatic heterocycles. The Hall–Kier alpha value is -2.62. The number of aryl methyl sites for hydroxylation is 2. The molecule has 4 atom stereocenters. The number of carbonyl (C=O) groups is 2. The lowest BCUT2D eigenvalue weighted by molar-refractivity contribution is -0.139. The minimum Gasteiger partial charge on any atom is -0.481 e. The fourth-order valence-electron chi connectivity index (χ4n) is 3.63. The van der Waals surface area contributed by atoms with Gasteiger partial charge >= 0.3 is 11.9 Å². The van der Waals surface area contributed by atoms with Crippen molar-refractivity contribution in [1.29, 1.82) is 0 Å². The average molecular weight is 352 g/mol. The van der Waals surface area contributed by atoms with Crippen LogP contribution in [0, 0.1) is 25.7 Å². The van der Waals surface area contributed by atoms with Crippen LogP contribution in [-0.4, -0.2) is 22.2 Å². The molecule has 4 heteroatoms. The second kappa shape index (κ2) is 7.32. The van der Waals surface area contributed by atoms with Crippen molar-refractivity contribution in [3.05, 3.63) is 70.8 Å². The van der Waals surface area contributed by atoms with Crippen LogP contribution >= 0.6 is 0 Å². The Kier molecular flexibility index (Phi) is 5.12. The van der Waals surface area contributed by atoms with Gasteiger partial charge in [0.1, 0.15) is 0 Å². The SMILES string of the molecule is Cc1ccccc1C1CC1C(=O)O.Cc1ccccc1C1CC1C(=O)O. The number of carboxylic acid groups (broad SMARTS) is 2. The van der Waals surface area contributed by atoms with Crippen LogP contribution in [0.2, 0.25) is 0 Å². The van der Waals surface area contributed by atoms with E-state index in [9.17, 15) is 9.59 Å². The molecule has 4 rings (SSSR count). The van der Waals surface area contributed by atoms with E-state index >= 15 is 0 Å². The molecule has 136 valence electrons. The molecule has 2 N–H and O–H groups in total. The van der Waals surface area contributed by atoms with Crippen molar-refractivity contribution >= 4 is 11.9 Å². The van der Waals surface area contributed by atoms with Crippen LogP contribution in [0.25, 0.3) is 0 Å². The number of rotatable bonds is 4. The Balaban J connectivity index is 0.000000151. The molecule has 0 saturated heterocycles. The fraction of sp³-hybridized carbons (Fsp3) is 0.364. The molecular formula is C22H24O4. The normalized spacial score (nSPS) is 25.6. The predicted octanol–water partition coefficient (Wildman–Crippen LogP) is 4.37. The predicted molar refractivity (Wildman–Crippen MR) is 99.3 cm³/mol. The molecule has 0 bridgehead atoms. The second-order valence-corrected chi connectivity index (χ2v) is 7.29. The lowest BCUT2D eigenvalue weighted by Crippen LogP contribution is -1.99. The quantitative estimate of drug-likeness (QED) is 0.857. The fourth-order valence-corrected chi connectivity index (χ4v) is 3.63. The first-order chi connectivity index (χ1) is 12.4. The maximum atomic E-state index is 10.7. The lowest BCUT2D eigenvalue weighted by Gasteiger charge is -2.02. The smallest absolute Gasteiger partial charge is 0.307 e. The molecule has 2 aromatic rings. The Morgan fingerprint density at radius 1 is 0.731 bits per heavy atom. The molecule has 0 heterocycles. The van der Waals surface area contributed by atoms with Crippen LogP contribution in [0.5, 0.6) is 0 Å². The van der Waals surface area contributed by atoms with Gasteiger partial charge in [-0.25, -0.2) is 0 Å². The van der Waals surface area contributed by atoms with Crippen molar-refractivity contribution < 1.29 is 19.8 Å². The van der Waals surface area contributed by atoms with Crippen molar-refractivity contribution in [2.75, 3.05) is 0 Å². The molecule has 2 aliphatic carbocycles. The van der Waals surface area contributed by atoms with Crippen LogP contribution in [0.15, 0.2) is 48.5 Å². The summed E-state index contributed by atoms with van der Waals surface area (Å²) >= 11 is 0. The van der Waals surface area contributed by atoms with Gasteiger partial charge in [-0.1, -0.05) is 48.5 Å². The average Bonchev–Trinajstić information content (AvgIpc) is 3.49. The second-order valence-electron chi connectivity index (χ2n) is 7.29. The van der Waals surface area contributed by atoms with Gasteiger partial charge in [-0.2, -0.15) is 0 Å². The van der Waals surface area contributed by atoms with Gasteiger partial charge in [-0.3, -0.25) is 9.59 Å². The van der Waals surface area contributed by atoms with Crippen molar-refractivity contribution in [3.8, 4) is 0 Å². The molecule has 0 radical (unpaired) electrons. The first-order valence-corrected chi connectivity index (χ1v) is 8.96. The van der Waals surface area contributed by atoms with Crippen molar-refractivity contribution in [2.45, 2.75) is 38.5 Å². The molecule has 2 saturated carbocycles. The summed E-state index contributed by atoms with van der Waals surface area (Å²) < 4.78 is 0. The minimum atomic E-state index is -0.659. The molecule has 2 fully saturated rings. The van der Waals surface area contributed by atoms with Gasteiger partial charge < -0.3 is 10.2 Å². The van der Waals surface area contributed by atoms with E-state index in [4.69, 9.17) is 10.2 Å². The maximum Gasteiger partial charge on any atom is 0.307 e. The summed E-state index contributed by atoms with van der Waals surface area (Å²) in [7, 11) is 0. The highest BCUT2D eigenvalue weighted by atomic mass is 16.4. The Labute approximate surface area is 153 Å². The van der Waals surface area contributed by atoms with Crippen molar-refractivity contribution in [3.63, 3.8) is 0 Å². The molecule has 2 aromatic carbocycles. The van der Waals surface area contributed by atoms with E-state index < -0.39 is 11.9 Å². The van der Waals surface area contributed by atoms with E-state index in [1.165, 1.54) is 22.3 Å². The van der Waals surface area contributed by atoms with Crippen LogP contribution in [0.1, 0.15) is 46.9 Å². The summed E-state index contributed by atoms with van der Waals surface area (Å²) in [6, 6.07) is 16.0. The van der Waals surface area contributed by atoms with Gasteiger partial charge in [-0.05, 0) is 60.8 Å². The third-order valence-corrected chi connectivity index (χ3v) is 5.39. The molecule has 4 unspecified atom stereocenters. The summed E-state index contributed by atoms with van der Waals surface area (Å²) in [5, 5.41) is 17.6. The van der Waals surface area contributed by atoms with Crippen LogP contribution in [0.4, 0.5) is 0 Å². The Morgan fingerprint density at radius 2 is 1.08 bits per heavy atom.